The highest BCUT2D eigenvalue weighted by atomic mass is 19.4. The van der Waals surface area contributed by atoms with Crippen molar-refractivity contribution < 1.29 is 23.1 Å². The van der Waals surface area contributed by atoms with Crippen LogP contribution in [0.4, 0.5) is 13.2 Å². The van der Waals surface area contributed by atoms with Crippen molar-refractivity contribution in [2.24, 2.45) is 5.73 Å². The van der Waals surface area contributed by atoms with Crippen LogP contribution in [0.15, 0.2) is 21.7 Å². The van der Waals surface area contributed by atoms with Crippen molar-refractivity contribution in [1.29, 1.82) is 0 Å². The second-order valence-corrected chi connectivity index (χ2v) is 8.24. The number of hydrogen-bond donors (Lipinski definition) is 3. The number of aryl methyl sites for hydroxylation is 2. The van der Waals surface area contributed by atoms with Crippen LogP contribution in [0.1, 0.15) is 24.0 Å². The minimum atomic E-state index is -5.08. The van der Waals surface area contributed by atoms with Crippen LogP contribution in [0.5, 0.6) is 0 Å². The molecule has 10 nitrogen and oxygen atoms in total. The number of halogens is 3. The van der Waals surface area contributed by atoms with E-state index in [4.69, 9.17) is 15.6 Å². The average Bonchev–Trinajstić information content (AvgIpc) is 2.73. The number of carboxylic acids is 1. The number of hydrogen-bond acceptors (Lipinski definition) is 7. The fraction of sp³-hybridized carbons (Fsp3) is 0.476. The number of nitrogens with zero attached hydrogens (tertiary/aromatic N) is 4. The summed E-state index contributed by atoms with van der Waals surface area (Å²) in [5, 5.41) is 7.12. The van der Waals surface area contributed by atoms with Gasteiger partial charge in [-0.3, -0.25) is 9.78 Å². The van der Waals surface area contributed by atoms with Gasteiger partial charge in [0.25, 0.3) is 5.56 Å². The third-order valence-corrected chi connectivity index (χ3v) is 5.65. The largest absolute Gasteiger partial charge is 0.490 e. The monoisotopic (exact) mass is 482 g/mol. The number of benzene rings is 1. The molecule has 13 heteroatoms. The first kappa shape index (κ1) is 25.3. The molecule has 1 aromatic rings. The van der Waals surface area contributed by atoms with E-state index in [1.54, 1.807) is 0 Å². The van der Waals surface area contributed by atoms with Gasteiger partial charge in [-0.05, 0) is 56.5 Å². The van der Waals surface area contributed by atoms with Crippen LogP contribution in [-0.4, -0.2) is 67.3 Å². The van der Waals surface area contributed by atoms with Crippen LogP contribution in [0.25, 0.3) is 22.6 Å². The predicted octanol–water partition coefficient (Wildman–Crippen LogP) is 1.26. The molecule has 1 unspecified atom stereocenters. The minimum Gasteiger partial charge on any atom is -0.475 e. The molecule has 0 saturated carbocycles. The SMILES string of the molecule is Cc1cc2nc3c(=O)[nH]c(=O)nc-3n(CCN3CCCC(N)C3)c2cc1C.O=C(O)C(F)(F)F. The number of H-pyrrole nitrogens is 1. The molecule has 0 amide bonds. The number of fused-ring (bicyclic) bond motifs is 2. The van der Waals surface area contributed by atoms with E-state index < -0.39 is 23.4 Å². The van der Waals surface area contributed by atoms with Crippen molar-refractivity contribution in [2.45, 2.75) is 45.5 Å². The number of piperidine rings is 1. The Labute approximate surface area is 191 Å². The van der Waals surface area contributed by atoms with E-state index in [9.17, 15) is 22.8 Å². The predicted molar refractivity (Wildman–Crippen MR) is 118 cm³/mol. The number of carboxylic acid groups (broad SMARTS) is 1. The fourth-order valence-corrected chi connectivity index (χ4v) is 3.81. The first-order valence-corrected chi connectivity index (χ1v) is 10.6. The van der Waals surface area contributed by atoms with Gasteiger partial charge in [0, 0.05) is 25.7 Å². The van der Waals surface area contributed by atoms with E-state index in [1.165, 1.54) is 0 Å². The normalized spacial score (nSPS) is 16.9. The molecule has 34 heavy (non-hydrogen) atoms. The summed E-state index contributed by atoms with van der Waals surface area (Å²) >= 11 is 0. The minimum absolute atomic E-state index is 0.195. The lowest BCUT2D eigenvalue weighted by molar-refractivity contribution is -0.192. The summed E-state index contributed by atoms with van der Waals surface area (Å²) in [5.41, 5.74) is 8.98. The van der Waals surface area contributed by atoms with Gasteiger partial charge in [-0.25, -0.2) is 14.6 Å². The van der Waals surface area contributed by atoms with Crippen LogP contribution in [-0.2, 0) is 11.3 Å². The van der Waals surface area contributed by atoms with E-state index in [-0.39, 0.29) is 11.7 Å². The molecule has 0 aliphatic carbocycles. The molecule has 0 bridgehead atoms. The van der Waals surface area contributed by atoms with E-state index in [1.807, 2.05) is 30.5 Å². The molecular formula is C21H25F3N6O4. The summed E-state index contributed by atoms with van der Waals surface area (Å²) in [6.45, 7) is 7.32. The molecule has 184 valence electrons. The summed E-state index contributed by atoms with van der Waals surface area (Å²) in [7, 11) is 0. The van der Waals surface area contributed by atoms with Gasteiger partial charge < -0.3 is 20.3 Å². The number of nitrogens with one attached hydrogen (secondary N) is 1. The zero-order chi connectivity index (χ0) is 25.2. The van der Waals surface area contributed by atoms with Crippen LogP contribution >= 0.6 is 0 Å². The molecule has 3 aliphatic heterocycles. The van der Waals surface area contributed by atoms with Crippen molar-refractivity contribution in [3.8, 4) is 11.5 Å². The van der Waals surface area contributed by atoms with Gasteiger partial charge in [0.1, 0.15) is 0 Å². The molecule has 3 heterocycles. The van der Waals surface area contributed by atoms with Gasteiger partial charge >= 0.3 is 17.8 Å². The number of rotatable bonds is 3. The summed E-state index contributed by atoms with van der Waals surface area (Å²) in [5.74, 6) is -2.42. The first-order chi connectivity index (χ1) is 15.9. The van der Waals surface area contributed by atoms with E-state index in [0.29, 0.717) is 12.4 Å². The average molecular weight is 482 g/mol. The lowest BCUT2D eigenvalue weighted by Crippen LogP contribution is -2.44. The topological polar surface area (TPSA) is 147 Å². The van der Waals surface area contributed by atoms with Gasteiger partial charge in [0.2, 0.25) is 0 Å². The molecule has 1 saturated heterocycles. The molecule has 1 fully saturated rings. The van der Waals surface area contributed by atoms with Gasteiger partial charge in [-0.15, -0.1) is 0 Å². The van der Waals surface area contributed by atoms with Crippen LogP contribution in [0.2, 0.25) is 0 Å². The Hall–Kier alpha value is -3.32. The molecule has 1 aromatic carbocycles. The van der Waals surface area contributed by atoms with Crippen molar-refractivity contribution in [1.82, 2.24) is 24.4 Å². The van der Waals surface area contributed by atoms with Crippen molar-refractivity contribution in [3.63, 3.8) is 0 Å². The van der Waals surface area contributed by atoms with Gasteiger partial charge in [0.15, 0.2) is 11.5 Å². The first-order valence-electron chi connectivity index (χ1n) is 10.6. The standard InChI is InChI=1S/C19H24N6O2.C2HF3O2/c1-11-8-14-15(9-12(11)2)25(7-6-24-5-3-4-13(20)10-24)17-16(21-14)18(26)23-19(27)22-17;3-2(4,5)1(6)7/h8-9,13H,3-7,10,20H2,1-2H3,(H,23,26,27);(H,6,7). The summed E-state index contributed by atoms with van der Waals surface area (Å²) in [6, 6.07) is 4.22. The molecule has 4 N–H and O–H groups in total. The Morgan fingerprint density at radius 1 is 1.21 bits per heavy atom. The number of aromatic amines is 1. The van der Waals surface area contributed by atoms with Crippen molar-refractivity contribution >= 4 is 17.0 Å². The van der Waals surface area contributed by atoms with Crippen LogP contribution in [0, 0.1) is 13.8 Å². The highest BCUT2D eigenvalue weighted by Crippen LogP contribution is 2.24. The van der Waals surface area contributed by atoms with Crippen molar-refractivity contribution in [2.75, 3.05) is 19.6 Å². The number of aliphatic carboxylic acids is 1. The maximum absolute atomic E-state index is 12.3. The maximum Gasteiger partial charge on any atom is 0.490 e. The number of alkyl halides is 3. The zero-order valence-electron chi connectivity index (χ0n) is 18.6. The molecule has 0 aromatic heterocycles. The highest BCUT2D eigenvalue weighted by Gasteiger charge is 2.38. The Kier molecular flexibility index (Phi) is 7.36. The molecule has 3 aliphatic rings. The van der Waals surface area contributed by atoms with Gasteiger partial charge in [0.05, 0.1) is 11.0 Å². The molecular weight excluding hydrogens is 457 g/mol. The van der Waals surface area contributed by atoms with Crippen LogP contribution in [0.3, 0.4) is 0 Å². The second kappa shape index (κ2) is 9.89. The molecule has 1 atom stereocenters. The molecule has 4 rings (SSSR count). The highest BCUT2D eigenvalue weighted by molar-refractivity contribution is 5.81. The van der Waals surface area contributed by atoms with Crippen molar-refractivity contribution in [3.05, 3.63) is 44.1 Å². The smallest absolute Gasteiger partial charge is 0.475 e. The van der Waals surface area contributed by atoms with E-state index >= 15 is 0 Å². The molecule has 0 radical (unpaired) electrons. The second-order valence-electron chi connectivity index (χ2n) is 8.24. The van der Waals surface area contributed by atoms with Gasteiger partial charge in [-0.2, -0.15) is 18.2 Å². The quantitative estimate of drug-likeness (QED) is 0.473. The third kappa shape index (κ3) is 5.78. The van der Waals surface area contributed by atoms with E-state index in [0.717, 1.165) is 54.6 Å². The Bertz CT molecular complexity index is 1290. The summed E-state index contributed by atoms with van der Waals surface area (Å²) < 4.78 is 33.7. The number of likely N-dealkylation sites (tertiary alicyclic amines) is 1. The zero-order valence-corrected chi connectivity index (χ0v) is 18.6. The lowest BCUT2D eigenvalue weighted by atomic mass is 10.1. The summed E-state index contributed by atoms with van der Waals surface area (Å²) in [6.07, 6.45) is -2.94. The fourth-order valence-electron chi connectivity index (χ4n) is 3.81. The Balaban J connectivity index is 0.000000406. The Morgan fingerprint density at radius 3 is 2.47 bits per heavy atom. The maximum atomic E-state index is 12.3. The molecule has 0 spiro atoms. The summed E-state index contributed by atoms with van der Waals surface area (Å²) in [4.78, 5) is 46.1. The number of aromatic nitrogens is 4. The van der Waals surface area contributed by atoms with Gasteiger partial charge in [-0.1, -0.05) is 0 Å². The number of nitrogens with two attached hydrogens (primary N) is 1. The number of carbonyl (C=O) groups is 1. The third-order valence-electron chi connectivity index (χ3n) is 5.65. The Morgan fingerprint density at radius 2 is 1.85 bits per heavy atom. The lowest BCUT2D eigenvalue weighted by Gasteiger charge is -2.31. The van der Waals surface area contributed by atoms with E-state index in [2.05, 4.69) is 19.9 Å². The van der Waals surface area contributed by atoms with Crippen LogP contribution < -0.4 is 17.0 Å².